The van der Waals surface area contributed by atoms with Gasteiger partial charge >= 0.3 is 6.03 Å². The molecule has 0 aromatic heterocycles. The van der Waals surface area contributed by atoms with Gasteiger partial charge in [-0.15, -0.1) is 0 Å². The predicted molar refractivity (Wildman–Crippen MR) is 75.5 cm³/mol. The molecule has 1 heterocycles. The third-order valence-electron chi connectivity index (χ3n) is 3.77. The van der Waals surface area contributed by atoms with Crippen LogP contribution in [0, 0.1) is 0 Å². The molecule has 2 atom stereocenters. The predicted octanol–water partition coefficient (Wildman–Crippen LogP) is 2.43. The van der Waals surface area contributed by atoms with E-state index in [1.807, 2.05) is 32.2 Å². The van der Waals surface area contributed by atoms with Gasteiger partial charge in [0.15, 0.2) is 0 Å². The zero-order valence-corrected chi connectivity index (χ0v) is 11.8. The summed E-state index contributed by atoms with van der Waals surface area (Å²) in [4.78, 5) is 13.7. The summed E-state index contributed by atoms with van der Waals surface area (Å²) in [5, 5.41) is 2.94. The fourth-order valence-electron chi connectivity index (χ4n) is 2.17. The van der Waals surface area contributed by atoms with Crippen LogP contribution >= 0.6 is 0 Å². The van der Waals surface area contributed by atoms with E-state index in [4.69, 9.17) is 4.74 Å². The molecule has 4 heteroatoms. The van der Waals surface area contributed by atoms with Gasteiger partial charge in [-0.3, -0.25) is 0 Å². The Morgan fingerprint density at radius 1 is 1.53 bits per heavy atom. The van der Waals surface area contributed by atoms with E-state index < -0.39 is 0 Å². The zero-order valence-electron chi connectivity index (χ0n) is 11.8. The number of rotatable bonds is 4. The first kappa shape index (κ1) is 13.7. The quantitative estimate of drug-likeness (QED) is 0.905. The Labute approximate surface area is 114 Å². The lowest BCUT2D eigenvalue weighted by molar-refractivity contribution is 0.180. The maximum Gasteiger partial charge on any atom is 0.317 e. The number of para-hydroxylation sites is 1. The highest BCUT2D eigenvalue weighted by molar-refractivity contribution is 5.74. The Bertz CT molecular complexity index is 423. The average Bonchev–Trinajstić information content (AvgIpc) is 2.85. The molecule has 104 valence electrons. The molecule has 0 saturated carbocycles. The van der Waals surface area contributed by atoms with Crippen molar-refractivity contribution >= 4 is 6.03 Å². The van der Waals surface area contributed by atoms with Crippen LogP contribution in [0.4, 0.5) is 4.79 Å². The lowest BCUT2D eigenvalue weighted by atomic mass is 10.1. The van der Waals surface area contributed by atoms with Crippen LogP contribution in [0.25, 0.3) is 0 Å². The Balaban J connectivity index is 1.80. The largest absolute Gasteiger partial charge is 0.488 e. The monoisotopic (exact) mass is 262 g/mol. The highest BCUT2D eigenvalue weighted by Gasteiger charge is 2.23. The van der Waals surface area contributed by atoms with Crippen molar-refractivity contribution in [1.82, 2.24) is 10.2 Å². The number of benzene rings is 1. The molecule has 0 fully saturated rings. The lowest BCUT2D eigenvalue weighted by Gasteiger charge is -2.24. The van der Waals surface area contributed by atoms with Crippen molar-refractivity contribution in [3.05, 3.63) is 29.8 Å². The first-order valence-electron chi connectivity index (χ1n) is 6.87. The summed E-state index contributed by atoms with van der Waals surface area (Å²) in [6.45, 7) is 4.67. The number of nitrogens with one attached hydrogen (secondary N) is 1. The van der Waals surface area contributed by atoms with Crippen molar-refractivity contribution in [1.29, 1.82) is 0 Å². The minimum Gasteiger partial charge on any atom is -0.488 e. The Morgan fingerprint density at radius 2 is 2.26 bits per heavy atom. The molecule has 0 spiro atoms. The molecule has 0 radical (unpaired) electrons. The SMILES string of the molecule is CC[C@@H](C)N(C)C(=O)NC[C@@H]1Cc2ccccc2O1. The third kappa shape index (κ3) is 3.19. The molecule has 19 heavy (non-hydrogen) atoms. The van der Waals surface area contributed by atoms with E-state index in [-0.39, 0.29) is 18.2 Å². The molecule has 2 amide bonds. The van der Waals surface area contributed by atoms with E-state index in [2.05, 4.69) is 18.3 Å². The first-order valence-corrected chi connectivity index (χ1v) is 6.87. The number of carbonyl (C=O) groups excluding carboxylic acids is 1. The Kier molecular flexibility index (Phi) is 4.30. The molecule has 0 unspecified atom stereocenters. The second-order valence-corrected chi connectivity index (χ2v) is 5.11. The number of amides is 2. The van der Waals surface area contributed by atoms with Crippen LogP contribution in [-0.2, 0) is 6.42 Å². The van der Waals surface area contributed by atoms with Crippen LogP contribution in [0.5, 0.6) is 5.75 Å². The fraction of sp³-hybridized carbons (Fsp3) is 0.533. The van der Waals surface area contributed by atoms with Crippen molar-refractivity contribution in [2.75, 3.05) is 13.6 Å². The molecule has 1 aliphatic heterocycles. The summed E-state index contributed by atoms with van der Waals surface area (Å²) in [6.07, 6.45) is 1.87. The Hall–Kier alpha value is -1.71. The van der Waals surface area contributed by atoms with Crippen LogP contribution in [-0.4, -0.2) is 36.7 Å². The van der Waals surface area contributed by atoms with Crippen molar-refractivity contribution < 1.29 is 9.53 Å². The summed E-state index contributed by atoms with van der Waals surface area (Å²) in [5.74, 6) is 0.942. The second-order valence-electron chi connectivity index (χ2n) is 5.11. The van der Waals surface area contributed by atoms with E-state index in [0.29, 0.717) is 6.54 Å². The van der Waals surface area contributed by atoms with E-state index >= 15 is 0 Å². The second kappa shape index (κ2) is 5.95. The highest BCUT2D eigenvalue weighted by atomic mass is 16.5. The van der Waals surface area contributed by atoms with Crippen LogP contribution in [0.2, 0.25) is 0 Å². The minimum absolute atomic E-state index is 0.0334. The summed E-state index contributed by atoms with van der Waals surface area (Å²) in [5.41, 5.74) is 1.22. The smallest absolute Gasteiger partial charge is 0.317 e. The molecular formula is C15H22N2O2. The van der Waals surface area contributed by atoms with Crippen LogP contribution in [0.15, 0.2) is 24.3 Å². The molecule has 1 aliphatic rings. The van der Waals surface area contributed by atoms with E-state index in [1.165, 1.54) is 5.56 Å². The summed E-state index contributed by atoms with van der Waals surface area (Å²) in [6, 6.07) is 8.25. The molecule has 1 aromatic carbocycles. The van der Waals surface area contributed by atoms with Crippen LogP contribution in [0.1, 0.15) is 25.8 Å². The van der Waals surface area contributed by atoms with Crippen molar-refractivity contribution in [3.8, 4) is 5.75 Å². The molecule has 4 nitrogen and oxygen atoms in total. The number of urea groups is 1. The van der Waals surface area contributed by atoms with Gasteiger partial charge < -0.3 is 15.0 Å². The van der Waals surface area contributed by atoms with Gasteiger partial charge in [0.2, 0.25) is 0 Å². The summed E-state index contributed by atoms with van der Waals surface area (Å²) >= 11 is 0. The van der Waals surface area contributed by atoms with Gasteiger partial charge in [-0.05, 0) is 25.0 Å². The van der Waals surface area contributed by atoms with Gasteiger partial charge in [0, 0.05) is 19.5 Å². The first-order chi connectivity index (χ1) is 9.11. The lowest BCUT2D eigenvalue weighted by Crippen LogP contribution is -2.45. The Morgan fingerprint density at radius 3 is 2.95 bits per heavy atom. The molecular weight excluding hydrogens is 240 g/mol. The van der Waals surface area contributed by atoms with Crippen molar-refractivity contribution in [3.63, 3.8) is 0 Å². The number of ether oxygens (including phenoxy) is 1. The number of hydrogen-bond donors (Lipinski definition) is 1. The van der Waals surface area contributed by atoms with E-state index in [0.717, 1.165) is 18.6 Å². The van der Waals surface area contributed by atoms with Gasteiger partial charge in [-0.1, -0.05) is 25.1 Å². The molecule has 2 rings (SSSR count). The average molecular weight is 262 g/mol. The maximum absolute atomic E-state index is 11.9. The third-order valence-corrected chi connectivity index (χ3v) is 3.77. The van der Waals surface area contributed by atoms with Crippen LogP contribution < -0.4 is 10.1 Å². The molecule has 0 aliphatic carbocycles. The standard InChI is InChI=1S/C15H22N2O2/c1-4-11(2)17(3)15(18)16-10-13-9-12-7-5-6-8-14(12)19-13/h5-8,11,13H,4,9-10H2,1-3H3,(H,16,18)/t11-,13+/m1/s1. The molecule has 1 aromatic rings. The topological polar surface area (TPSA) is 41.6 Å². The molecule has 0 saturated heterocycles. The number of hydrogen-bond acceptors (Lipinski definition) is 2. The number of nitrogens with zero attached hydrogens (tertiary/aromatic N) is 1. The maximum atomic E-state index is 11.9. The zero-order chi connectivity index (χ0) is 13.8. The number of carbonyl (C=O) groups is 1. The molecule has 1 N–H and O–H groups in total. The van der Waals surface area contributed by atoms with Crippen molar-refractivity contribution in [2.45, 2.75) is 38.8 Å². The normalized spacial score (nSPS) is 18.4. The minimum atomic E-state index is -0.0334. The molecule has 0 bridgehead atoms. The van der Waals surface area contributed by atoms with Gasteiger partial charge in [0.1, 0.15) is 11.9 Å². The van der Waals surface area contributed by atoms with Gasteiger partial charge in [0.05, 0.1) is 6.54 Å². The highest BCUT2D eigenvalue weighted by Crippen LogP contribution is 2.27. The number of fused-ring (bicyclic) bond motifs is 1. The summed E-state index contributed by atoms with van der Waals surface area (Å²) in [7, 11) is 1.83. The van der Waals surface area contributed by atoms with Gasteiger partial charge in [-0.25, -0.2) is 4.79 Å². The van der Waals surface area contributed by atoms with Gasteiger partial charge in [0.25, 0.3) is 0 Å². The van der Waals surface area contributed by atoms with Gasteiger partial charge in [-0.2, -0.15) is 0 Å². The van der Waals surface area contributed by atoms with Crippen molar-refractivity contribution in [2.24, 2.45) is 0 Å². The van der Waals surface area contributed by atoms with Crippen LogP contribution in [0.3, 0.4) is 0 Å². The van der Waals surface area contributed by atoms with E-state index in [9.17, 15) is 4.79 Å². The fourth-order valence-corrected chi connectivity index (χ4v) is 2.17. The van der Waals surface area contributed by atoms with E-state index in [1.54, 1.807) is 4.90 Å². The summed E-state index contributed by atoms with van der Waals surface area (Å²) < 4.78 is 5.79.